The molecule has 2 atom stereocenters. The van der Waals surface area contributed by atoms with Gasteiger partial charge in [-0.3, -0.25) is 0 Å². The third-order valence-corrected chi connectivity index (χ3v) is 3.73. The number of hydrogen-bond acceptors (Lipinski definition) is 3. The molecule has 1 aromatic carbocycles. The number of likely N-dealkylation sites (N-methyl/N-ethyl adjacent to an activating group) is 1. The molecule has 1 saturated heterocycles. The van der Waals surface area contributed by atoms with Gasteiger partial charge in [0.1, 0.15) is 0 Å². The number of hydrogen-bond donors (Lipinski definition) is 1. The average Bonchev–Trinajstić information content (AvgIpc) is 2.77. The van der Waals surface area contributed by atoms with Crippen molar-refractivity contribution >= 4 is 0 Å². The van der Waals surface area contributed by atoms with Gasteiger partial charge in [0, 0.05) is 19.6 Å². The van der Waals surface area contributed by atoms with E-state index in [-0.39, 0.29) is 12.6 Å². The van der Waals surface area contributed by atoms with Crippen LogP contribution < -0.4 is 0 Å². The second kappa shape index (κ2) is 5.63. The molecule has 1 aromatic rings. The van der Waals surface area contributed by atoms with Crippen LogP contribution in [0.25, 0.3) is 0 Å². The summed E-state index contributed by atoms with van der Waals surface area (Å²) in [6.45, 7) is 3.51. The van der Waals surface area contributed by atoms with Crippen molar-refractivity contribution in [3.05, 3.63) is 35.9 Å². The van der Waals surface area contributed by atoms with Crippen LogP contribution in [-0.4, -0.2) is 41.4 Å². The maximum Gasteiger partial charge on any atom is 0.0723 e. The molecule has 0 unspecified atom stereocenters. The average molecular weight is 234 g/mol. The summed E-state index contributed by atoms with van der Waals surface area (Å²) in [5.41, 5.74) is 1.18. The Morgan fingerprint density at radius 2 is 2.12 bits per heavy atom. The molecule has 0 bridgehead atoms. The van der Waals surface area contributed by atoms with Crippen LogP contribution in [0, 0.1) is 0 Å². The molecule has 0 aliphatic carbocycles. The van der Waals surface area contributed by atoms with E-state index in [4.69, 9.17) is 0 Å². The Kier molecular flexibility index (Phi) is 4.15. The van der Waals surface area contributed by atoms with Gasteiger partial charge < -0.3 is 5.11 Å². The number of hydrazine groups is 1. The Bertz CT molecular complexity index is 341. The van der Waals surface area contributed by atoms with Gasteiger partial charge in [-0.15, -0.1) is 0 Å². The summed E-state index contributed by atoms with van der Waals surface area (Å²) >= 11 is 0. The molecule has 0 radical (unpaired) electrons. The van der Waals surface area contributed by atoms with Gasteiger partial charge >= 0.3 is 0 Å². The van der Waals surface area contributed by atoms with Gasteiger partial charge in [0.25, 0.3) is 0 Å². The molecule has 3 heteroatoms. The number of rotatable bonds is 4. The number of aliphatic hydroxyl groups is 1. The SMILES string of the molecule is C[C@@H]1CCCN1N(C)[C@@H](CO)c1ccccc1. The zero-order valence-corrected chi connectivity index (χ0v) is 10.7. The van der Waals surface area contributed by atoms with Crippen molar-refractivity contribution in [3.63, 3.8) is 0 Å². The Hall–Kier alpha value is -0.900. The highest BCUT2D eigenvalue weighted by Crippen LogP contribution is 2.26. The third-order valence-electron chi connectivity index (χ3n) is 3.73. The van der Waals surface area contributed by atoms with Gasteiger partial charge in [0.2, 0.25) is 0 Å². The summed E-state index contributed by atoms with van der Waals surface area (Å²) in [7, 11) is 2.08. The van der Waals surface area contributed by atoms with Crippen molar-refractivity contribution in [1.82, 2.24) is 10.0 Å². The summed E-state index contributed by atoms with van der Waals surface area (Å²) in [5.74, 6) is 0. The van der Waals surface area contributed by atoms with Gasteiger partial charge in [-0.2, -0.15) is 0 Å². The maximum atomic E-state index is 9.63. The summed E-state index contributed by atoms with van der Waals surface area (Å²) in [6, 6.07) is 10.9. The minimum Gasteiger partial charge on any atom is -0.394 e. The van der Waals surface area contributed by atoms with Gasteiger partial charge in [-0.1, -0.05) is 30.3 Å². The fraction of sp³-hybridized carbons (Fsp3) is 0.571. The van der Waals surface area contributed by atoms with Gasteiger partial charge in [0.05, 0.1) is 12.6 Å². The molecule has 17 heavy (non-hydrogen) atoms. The summed E-state index contributed by atoms with van der Waals surface area (Å²) in [4.78, 5) is 0. The van der Waals surface area contributed by atoms with Crippen LogP contribution in [0.5, 0.6) is 0 Å². The first-order valence-corrected chi connectivity index (χ1v) is 6.39. The Labute approximate surface area is 104 Å². The topological polar surface area (TPSA) is 26.7 Å². The molecule has 1 fully saturated rings. The second-order valence-corrected chi connectivity index (χ2v) is 4.84. The lowest BCUT2D eigenvalue weighted by molar-refractivity contribution is -0.0602. The van der Waals surface area contributed by atoms with Crippen molar-refractivity contribution in [1.29, 1.82) is 0 Å². The number of aliphatic hydroxyl groups excluding tert-OH is 1. The van der Waals surface area contributed by atoms with Crippen LogP contribution in [-0.2, 0) is 0 Å². The lowest BCUT2D eigenvalue weighted by Crippen LogP contribution is -2.45. The molecule has 1 N–H and O–H groups in total. The summed E-state index contributed by atoms with van der Waals surface area (Å²) < 4.78 is 0. The largest absolute Gasteiger partial charge is 0.394 e. The van der Waals surface area contributed by atoms with Crippen molar-refractivity contribution in [3.8, 4) is 0 Å². The van der Waals surface area contributed by atoms with Crippen molar-refractivity contribution in [2.45, 2.75) is 31.8 Å². The standard InChI is InChI=1S/C14H22N2O/c1-12-7-6-10-16(12)15(2)14(11-17)13-8-4-3-5-9-13/h3-5,8-9,12,14,17H,6-7,10-11H2,1-2H3/t12-,14+/m1/s1. The van der Waals surface area contributed by atoms with Crippen molar-refractivity contribution < 1.29 is 5.11 Å². The van der Waals surface area contributed by atoms with E-state index < -0.39 is 0 Å². The van der Waals surface area contributed by atoms with E-state index in [0.717, 1.165) is 6.54 Å². The molecule has 2 rings (SSSR count). The fourth-order valence-corrected chi connectivity index (χ4v) is 2.68. The normalized spacial score (nSPS) is 23.2. The Morgan fingerprint density at radius 3 is 2.65 bits per heavy atom. The molecule has 1 aliphatic rings. The van der Waals surface area contributed by atoms with Crippen molar-refractivity contribution in [2.75, 3.05) is 20.2 Å². The highest BCUT2D eigenvalue weighted by Gasteiger charge is 2.28. The lowest BCUT2D eigenvalue weighted by Gasteiger charge is -2.37. The number of benzene rings is 1. The molecule has 1 heterocycles. The van der Waals surface area contributed by atoms with E-state index in [9.17, 15) is 5.11 Å². The maximum absolute atomic E-state index is 9.63. The van der Waals surface area contributed by atoms with Crippen LogP contribution >= 0.6 is 0 Å². The molecule has 1 aliphatic heterocycles. The second-order valence-electron chi connectivity index (χ2n) is 4.84. The van der Waals surface area contributed by atoms with E-state index in [0.29, 0.717) is 6.04 Å². The monoisotopic (exact) mass is 234 g/mol. The first kappa shape index (κ1) is 12.6. The fourth-order valence-electron chi connectivity index (χ4n) is 2.68. The van der Waals surface area contributed by atoms with E-state index in [2.05, 4.69) is 36.1 Å². The molecular weight excluding hydrogens is 212 g/mol. The molecule has 0 amide bonds. The minimum atomic E-state index is 0.0664. The number of nitrogens with zero attached hydrogens (tertiary/aromatic N) is 2. The van der Waals surface area contributed by atoms with Crippen LogP contribution in [0.2, 0.25) is 0 Å². The Balaban J connectivity index is 2.13. The van der Waals surface area contributed by atoms with E-state index >= 15 is 0 Å². The third kappa shape index (κ3) is 2.68. The predicted octanol–water partition coefficient (Wildman–Crippen LogP) is 2.05. The van der Waals surface area contributed by atoms with E-state index in [1.807, 2.05) is 18.2 Å². The minimum absolute atomic E-state index is 0.0664. The first-order chi connectivity index (χ1) is 8.24. The first-order valence-electron chi connectivity index (χ1n) is 6.39. The van der Waals surface area contributed by atoms with E-state index in [1.54, 1.807) is 0 Å². The zero-order chi connectivity index (χ0) is 12.3. The van der Waals surface area contributed by atoms with Crippen LogP contribution in [0.15, 0.2) is 30.3 Å². The smallest absolute Gasteiger partial charge is 0.0723 e. The highest BCUT2D eigenvalue weighted by atomic mass is 16.3. The summed E-state index contributed by atoms with van der Waals surface area (Å²) in [6.07, 6.45) is 2.50. The molecule has 3 nitrogen and oxygen atoms in total. The molecule has 0 aromatic heterocycles. The lowest BCUT2D eigenvalue weighted by atomic mass is 10.1. The van der Waals surface area contributed by atoms with Gasteiger partial charge in [-0.05, 0) is 25.3 Å². The Morgan fingerprint density at radius 1 is 1.41 bits per heavy atom. The van der Waals surface area contributed by atoms with Gasteiger partial charge in [0.15, 0.2) is 0 Å². The predicted molar refractivity (Wildman–Crippen MR) is 69.4 cm³/mol. The van der Waals surface area contributed by atoms with Crippen LogP contribution in [0.4, 0.5) is 0 Å². The van der Waals surface area contributed by atoms with Crippen LogP contribution in [0.3, 0.4) is 0 Å². The van der Waals surface area contributed by atoms with Crippen LogP contribution in [0.1, 0.15) is 31.4 Å². The molecule has 0 spiro atoms. The highest BCUT2D eigenvalue weighted by molar-refractivity contribution is 5.18. The van der Waals surface area contributed by atoms with Crippen molar-refractivity contribution in [2.24, 2.45) is 0 Å². The quantitative estimate of drug-likeness (QED) is 0.863. The molecular formula is C14H22N2O. The van der Waals surface area contributed by atoms with E-state index in [1.165, 1.54) is 18.4 Å². The summed E-state index contributed by atoms with van der Waals surface area (Å²) in [5, 5.41) is 14.2. The van der Waals surface area contributed by atoms with Gasteiger partial charge in [-0.25, -0.2) is 10.0 Å². The molecule has 94 valence electrons. The molecule has 0 saturated carbocycles. The zero-order valence-electron chi connectivity index (χ0n) is 10.7.